The smallest absolute Gasteiger partial charge is 0.326 e. The number of nitrogens with one attached hydrogen (secondary N) is 2. The van der Waals surface area contributed by atoms with E-state index in [-0.39, 0.29) is 12.5 Å². The summed E-state index contributed by atoms with van der Waals surface area (Å²) in [6.45, 7) is 5.23. The van der Waals surface area contributed by atoms with E-state index in [1.807, 2.05) is 32.0 Å². The van der Waals surface area contributed by atoms with Crippen molar-refractivity contribution in [2.45, 2.75) is 39.7 Å². The first-order valence-electron chi connectivity index (χ1n) is 9.40. The summed E-state index contributed by atoms with van der Waals surface area (Å²) >= 11 is 0. The summed E-state index contributed by atoms with van der Waals surface area (Å²) in [7, 11) is 0. The van der Waals surface area contributed by atoms with Crippen LogP contribution < -0.4 is 10.6 Å². The topological polar surface area (TPSA) is 84.5 Å². The number of benzene rings is 2. The summed E-state index contributed by atoms with van der Waals surface area (Å²) in [6, 6.07) is 14.4. The van der Waals surface area contributed by atoms with Gasteiger partial charge in [-0.05, 0) is 43.0 Å². The minimum atomic E-state index is -0.976. The minimum Gasteiger partial charge on any atom is -0.451 e. The number of ether oxygens (including phenoxy) is 1. The van der Waals surface area contributed by atoms with Gasteiger partial charge >= 0.3 is 5.97 Å². The van der Waals surface area contributed by atoms with Crippen LogP contribution in [0.1, 0.15) is 42.3 Å². The zero-order valence-electron chi connectivity index (χ0n) is 16.5. The molecule has 2 rings (SSSR count). The van der Waals surface area contributed by atoms with Gasteiger partial charge in [0, 0.05) is 11.3 Å². The molecule has 0 heterocycles. The second kappa shape index (κ2) is 10.3. The average molecular weight is 382 g/mol. The molecule has 0 aliphatic heterocycles. The van der Waals surface area contributed by atoms with Gasteiger partial charge in [0.05, 0.1) is 0 Å². The lowest BCUT2D eigenvalue weighted by atomic mass is 10.0. The Hall–Kier alpha value is -3.15. The molecule has 28 heavy (non-hydrogen) atoms. The number of hydrogen-bond donors (Lipinski definition) is 2. The zero-order valence-corrected chi connectivity index (χ0v) is 16.5. The molecule has 0 spiro atoms. The molecule has 0 aliphatic carbocycles. The van der Waals surface area contributed by atoms with Gasteiger partial charge in [0.25, 0.3) is 11.8 Å². The fourth-order valence-electron chi connectivity index (χ4n) is 2.76. The lowest BCUT2D eigenvalue weighted by Gasteiger charge is -2.18. The van der Waals surface area contributed by atoms with Crippen molar-refractivity contribution in [3.63, 3.8) is 0 Å². The zero-order chi connectivity index (χ0) is 20.5. The van der Waals surface area contributed by atoms with Crippen LogP contribution in [0.5, 0.6) is 0 Å². The van der Waals surface area contributed by atoms with Crippen LogP contribution in [0.15, 0.2) is 48.5 Å². The van der Waals surface area contributed by atoms with E-state index in [0.717, 1.165) is 29.7 Å². The molecule has 2 amide bonds. The normalized spacial score (nSPS) is 11.4. The van der Waals surface area contributed by atoms with Gasteiger partial charge in [0.1, 0.15) is 6.54 Å². The number of anilines is 1. The minimum absolute atomic E-state index is 0.308. The second-order valence-corrected chi connectivity index (χ2v) is 6.33. The first-order valence-corrected chi connectivity index (χ1v) is 9.40. The van der Waals surface area contributed by atoms with Crippen LogP contribution in [0.25, 0.3) is 0 Å². The van der Waals surface area contributed by atoms with E-state index >= 15 is 0 Å². The molecule has 1 unspecified atom stereocenters. The number of esters is 1. The quantitative estimate of drug-likeness (QED) is 0.687. The van der Waals surface area contributed by atoms with E-state index in [2.05, 4.69) is 10.6 Å². The van der Waals surface area contributed by atoms with Gasteiger partial charge in [-0.25, -0.2) is 0 Å². The van der Waals surface area contributed by atoms with Crippen molar-refractivity contribution in [2.75, 3.05) is 11.9 Å². The van der Waals surface area contributed by atoms with Gasteiger partial charge in [-0.1, -0.05) is 50.2 Å². The Labute approximate surface area is 165 Å². The lowest BCUT2D eigenvalue weighted by molar-refractivity contribution is -0.152. The van der Waals surface area contributed by atoms with Crippen LogP contribution in [0.3, 0.4) is 0 Å². The highest BCUT2D eigenvalue weighted by atomic mass is 16.5. The fourth-order valence-corrected chi connectivity index (χ4v) is 2.76. The van der Waals surface area contributed by atoms with Crippen LogP contribution in [-0.4, -0.2) is 30.4 Å². The van der Waals surface area contributed by atoms with Gasteiger partial charge in [-0.15, -0.1) is 0 Å². The van der Waals surface area contributed by atoms with Gasteiger partial charge in [0.15, 0.2) is 6.10 Å². The molecule has 148 valence electrons. The maximum absolute atomic E-state index is 12.5. The molecule has 0 saturated carbocycles. The van der Waals surface area contributed by atoms with Crippen molar-refractivity contribution < 1.29 is 19.1 Å². The van der Waals surface area contributed by atoms with Crippen LogP contribution >= 0.6 is 0 Å². The molecule has 1 atom stereocenters. The maximum atomic E-state index is 12.5. The summed E-state index contributed by atoms with van der Waals surface area (Å²) in [5, 5.41) is 5.36. The second-order valence-electron chi connectivity index (χ2n) is 6.33. The molecule has 0 aromatic heterocycles. The van der Waals surface area contributed by atoms with Crippen LogP contribution in [-0.2, 0) is 27.2 Å². The molecule has 0 radical (unpaired) electrons. The predicted octanol–water partition coefficient (Wildman–Crippen LogP) is 3.11. The standard InChI is InChI=1S/C22H26N2O4/c1-4-16-12-9-13-17(5-2)20(16)24-21(26)15(3)28-19(25)14-23-22(27)18-10-7-6-8-11-18/h6-13,15H,4-5,14H2,1-3H3,(H,23,27)(H,24,26). The predicted molar refractivity (Wildman–Crippen MR) is 108 cm³/mol. The maximum Gasteiger partial charge on any atom is 0.326 e. The Bertz CT molecular complexity index is 811. The van der Waals surface area contributed by atoms with Gasteiger partial charge in [-0.3, -0.25) is 14.4 Å². The fraction of sp³-hybridized carbons (Fsp3) is 0.318. The third-order valence-corrected chi connectivity index (χ3v) is 4.35. The first-order chi connectivity index (χ1) is 13.5. The molecular weight excluding hydrogens is 356 g/mol. The number of hydrogen-bond acceptors (Lipinski definition) is 4. The van der Waals surface area contributed by atoms with Crippen molar-refractivity contribution in [1.29, 1.82) is 0 Å². The monoisotopic (exact) mass is 382 g/mol. The molecule has 2 aromatic rings. The van der Waals surface area contributed by atoms with E-state index in [9.17, 15) is 14.4 Å². The summed E-state index contributed by atoms with van der Waals surface area (Å²) in [5.41, 5.74) is 3.28. The Balaban J connectivity index is 1.90. The summed E-state index contributed by atoms with van der Waals surface area (Å²) in [6.07, 6.45) is 0.586. The Morgan fingerprint density at radius 2 is 1.54 bits per heavy atom. The molecule has 0 aliphatic rings. The Morgan fingerprint density at radius 1 is 0.929 bits per heavy atom. The van der Waals surface area contributed by atoms with Crippen LogP contribution in [0.2, 0.25) is 0 Å². The summed E-state index contributed by atoms with van der Waals surface area (Å²) < 4.78 is 5.15. The number of aryl methyl sites for hydroxylation is 2. The van der Waals surface area contributed by atoms with Crippen molar-refractivity contribution in [1.82, 2.24) is 5.32 Å². The number of para-hydroxylation sites is 1. The van der Waals surface area contributed by atoms with Crippen LogP contribution in [0, 0.1) is 0 Å². The third kappa shape index (κ3) is 5.67. The molecule has 2 aromatic carbocycles. The summed E-state index contributed by atoms with van der Waals surface area (Å²) in [4.78, 5) is 36.4. The van der Waals surface area contributed by atoms with Gasteiger partial charge in [-0.2, -0.15) is 0 Å². The number of amides is 2. The largest absolute Gasteiger partial charge is 0.451 e. The van der Waals surface area contributed by atoms with E-state index in [4.69, 9.17) is 4.74 Å². The van der Waals surface area contributed by atoms with E-state index in [1.165, 1.54) is 6.92 Å². The third-order valence-electron chi connectivity index (χ3n) is 4.35. The van der Waals surface area contributed by atoms with E-state index < -0.39 is 18.0 Å². The van der Waals surface area contributed by atoms with Crippen molar-refractivity contribution in [2.24, 2.45) is 0 Å². The first kappa shape index (κ1) is 21.2. The van der Waals surface area contributed by atoms with Crippen molar-refractivity contribution in [3.05, 3.63) is 65.2 Å². The molecular formula is C22H26N2O4. The molecule has 6 heteroatoms. The van der Waals surface area contributed by atoms with E-state index in [0.29, 0.717) is 5.56 Å². The van der Waals surface area contributed by atoms with Gasteiger partial charge < -0.3 is 15.4 Å². The van der Waals surface area contributed by atoms with E-state index in [1.54, 1.807) is 30.3 Å². The SMILES string of the molecule is CCc1cccc(CC)c1NC(=O)C(C)OC(=O)CNC(=O)c1ccccc1. The number of carbonyl (C=O) groups excluding carboxylic acids is 3. The average Bonchev–Trinajstić information content (AvgIpc) is 2.72. The Kier molecular flexibility index (Phi) is 7.75. The highest BCUT2D eigenvalue weighted by molar-refractivity contribution is 5.98. The highest BCUT2D eigenvalue weighted by Crippen LogP contribution is 2.22. The lowest BCUT2D eigenvalue weighted by Crippen LogP contribution is -2.36. The number of rotatable bonds is 8. The van der Waals surface area contributed by atoms with Gasteiger partial charge in [0.2, 0.25) is 0 Å². The van der Waals surface area contributed by atoms with Crippen LogP contribution in [0.4, 0.5) is 5.69 Å². The molecule has 0 fully saturated rings. The van der Waals surface area contributed by atoms with Crippen molar-refractivity contribution in [3.8, 4) is 0 Å². The summed E-state index contributed by atoms with van der Waals surface area (Å²) in [5.74, 6) is -1.45. The molecule has 2 N–H and O–H groups in total. The Morgan fingerprint density at radius 3 is 2.11 bits per heavy atom. The van der Waals surface area contributed by atoms with Crippen molar-refractivity contribution >= 4 is 23.5 Å². The number of carbonyl (C=O) groups is 3. The molecule has 6 nitrogen and oxygen atoms in total. The molecule has 0 bridgehead atoms. The molecule has 0 saturated heterocycles. The highest BCUT2D eigenvalue weighted by Gasteiger charge is 2.20.